The molecule has 0 radical (unpaired) electrons. The molecule has 3 heteroatoms. The minimum absolute atomic E-state index is 0. The molecule has 0 unspecified atom stereocenters. The van der Waals surface area contributed by atoms with Gasteiger partial charge in [0.2, 0.25) is 0 Å². The van der Waals surface area contributed by atoms with Gasteiger partial charge in [-0.25, -0.2) is 0 Å². The Bertz CT molecular complexity index is 41.7. The maximum atomic E-state index is 8.64. The summed E-state index contributed by atoms with van der Waals surface area (Å²) >= 11 is 0. The average molecular weight is 140 g/mol. The van der Waals surface area contributed by atoms with E-state index in [9.17, 15) is 0 Å². The first kappa shape index (κ1) is 11.1. The average Bonchev–Trinajstić information content (AvgIpc) is 1.27. The van der Waals surface area contributed by atoms with Gasteiger partial charge in [0.15, 0.2) is 0 Å². The van der Waals surface area contributed by atoms with Crippen molar-refractivity contribution in [1.82, 2.24) is 0 Å². The molecule has 3 N–H and O–H groups in total. The van der Waals surface area contributed by atoms with Gasteiger partial charge in [-0.1, -0.05) is 0 Å². The van der Waals surface area contributed by atoms with Gasteiger partial charge in [0.25, 0.3) is 0 Å². The first-order chi connectivity index (χ1) is 3.13. The Hall–Kier alpha value is 0.210. The van der Waals surface area contributed by atoms with Gasteiger partial charge < -0.3 is 10.8 Å². The second kappa shape index (κ2) is 5.35. The first-order valence-corrected chi connectivity index (χ1v) is 2.56. The van der Waals surface area contributed by atoms with Crippen LogP contribution in [0.15, 0.2) is 0 Å². The van der Waals surface area contributed by atoms with Crippen molar-refractivity contribution in [2.75, 3.05) is 0 Å². The summed E-state index contributed by atoms with van der Waals surface area (Å²) in [6.07, 6.45) is 0.444. The van der Waals surface area contributed by atoms with Crippen molar-refractivity contribution in [3.63, 3.8) is 0 Å². The standard InChI is InChI=1S/C5H13NO.ClH/c1-4(6)3-5(2)7;/h4-5,7H,3,6H2,1-2H3;1H/t4-,5+;/m1./s1. The van der Waals surface area contributed by atoms with E-state index >= 15 is 0 Å². The van der Waals surface area contributed by atoms with Crippen LogP contribution in [0, 0.1) is 0 Å². The Morgan fingerprint density at radius 2 is 1.88 bits per heavy atom. The van der Waals surface area contributed by atoms with E-state index in [0.717, 1.165) is 0 Å². The highest BCUT2D eigenvalue weighted by molar-refractivity contribution is 5.85. The van der Waals surface area contributed by atoms with E-state index in [2.05, 4.69) is 0 Å². The summed E-state index contributed by atoms with van der Waals surface area (Å²) in [6, 6.07) is 0.125. The zero-order valence-electron chi connectivity index (χ0n) is 5.29. The monoisotopic (exact) mass is 139 g/mol. The van der Waals surface area contributed by atoms with Crippen LogP contribution in [-0.2, 0) is 0 Å². The maximum absolute atomic E-state index is 8.64. The highest BCUT2D eigenvalue weighted by Crippen LogP contribution is 1.91. The lowest BCUT2D eigenvalue weighted by Gasteiger charge is -2.05. The normalized spacial score (nSPS) is 16.5. The molecule has 52 valence electrons. The predicted octanol–water partition coefficient (Wildman–Crippen LogP) is 0.526. The summed E-state index contributed by atoms with van der Waals surface area (Å²) in [6.45, 7) is 3.62. The molecular weight excluding hydrogens is 126 g/mol. The lowest BCUT2D eigenvalue weighted by atomic mass is 10.2. The first-order valence-electron chi connectivity index (χ1n) is 2.56. The zero-order chi connectivity index (χ0) is 5.86. The molecule has 0 amide bonds. The van der Waals surface area contributed by atoms with Gasteiger partial charge in [-0.15, -0.1) is 12.4 Å². The number of hydrogen-bond donors (Lipinski definition) is 2. The topological polar surface area (TPSA) is 46.2 Å². The quantitative estimate of drug-likeness (QED) is 0.586. The molecule has 0 saturated carbocycles. The van der Waals surface area contributed by atoms with E-state index in [0.29, 0.717) is 6.42 Å². The zero-order valence-corrected chi connectivity index (χ0v) is 6.11. The van der Waals surface area contributed by atoms with Crippen molar-refractivity contribution in [2.45, 2.75) is 32.4 Å². The summed E-state index contributed by atoms with van der Waals surface area (Å²) in [5, 5.41) is 8.64. The van der Waals surface area contributed by atoms with Crippen LogP contribution in [0.4, 0.5) is 0 Å². The van der Waals surface area contributed by atoms with E-state index in [1.54, 1.807) is 6.92 Å². The Morgan fingerprint density at radius 3 is 1.88 bits per heavy atom. The molecule has 0 heterocycles. The lowest BCUT2D eigenvalue weighted by Crippen LogP contribution is -2.20. The van der Waals surface area contributed by atoms with Crippen LogP contribution < -0.4 is 5.73 Å². The van der Waals surface area contributed by atoms with Crippen molar-refractivity contribution < 1.29 is 5.11 Å². The van der Waals surface area contributed by atoms with Crippen LogP contribution in [0.3, 0.4) is 0 Å². The molecule has 0 aromatic carbocycles. The third-order valence-corrected chi connectivity index (χ3v) is 0.713. The van der Waals surface area contributed by atoms with Crippen molar-refractivity contribution >= 4 is 12.4 Å². The van der Waals surface area contributed by atoms with Gasteiger partial charge >= 0.3 is 0 Å². The smallest absolute Gasteiger partial charge is 0.0526 e. The van der Waals surface area contributed by atoms with Crippen LogP contribution >= 0.6 is 12.4 Å². The third-order valence-electron chi connectivity index (χ3n) is 0.713. The number of halogens is 1. The highest BCUT2D eigenvalue weighted by Gasteiger charge is 1.97. The Morgan fingerprint density at radius 1 is 1.50 bits per heavy atom. The van der Waals surface area contributed by atoms with Crippen LogP contribution in [0.5, 0.6) is 0 Å². The number of rotatable bonds is 2. The van der Waals surface area contributed by atoms with Crippen LogP contribution in [0.2, 0.25) is 0 Å². The molecule has 2 atom stereocenters. The van der Waals surface area contributed by atoms with E-state index in [-0.39, 0.29) is 24.6 Å². The molecule has 8 heavy (non-hydrogen) atoms. The molecule has 0 rings (SSSR count). The van der Waals surface area contributed by atoms with Crippen molar-refractivity contribution in [1.29, 1.82) is 0 Å². The van der Waals surface area contributed by atoms with Gasteiger partial charge in [0, 0.05) is 6.04 Å². The molecule has 0 aliphatic carbocycles. The second-order valence-corrected chi connectivity index (χ2v) is 2.06. The third kappa shape index (κ3) is 9.51. The minimum atomic E-state index is -0.250. The molecule has 0 aliphatic rings. The minimum Gasteiger partial charge on any atom is -0.393 e. The van der Waals surface area contributed by atoms with E-state index in [1.165, 1.54) is 0 Å². The number of aliphatic hydroxyl groups is 1. The molecule has 2 nitrogen and oxygen atoms in total. The number of hydrogen-bond acceptors (Lipinski definition) is 2. The maximum Gasteiger partial charge on any atom is 0.0526 e. The number of aliphatic hydroxyl groups excluding tert-OH is 1. The molecule has 0 aromatic heterocycles. The molecular formula is C5H14ClNO. The predicted molar refractivity (Wildman–Crippen MR) is 37.2 cm³/mol. The molecule has 0 fully saturated rings. The fourth-order valence-corrected chi connectivity index (χ4v) is 0.538. The summed E-state index contributed by atoms with van der Waals surface area (Å²) in [7, 11) is 0. The van der Waals surface area contributed by atoms with Gasteiger partial charge in [-0.05, 0) is 20.3 Å². The molecule has 0 aliphatic heterocycles. The summed E-state index contributed by atoms with van der Waals surface area (Å²) in [5.41, 5.74) is 5.33. The largest absolute Gasteiger partial charge is 0.393 e. The van der Waals surface area contributed by atoms with E-state index in [1.807, 2.05) is 6.92 Å². The summed E-state index contributed by atoms with van der Waals surface area (Å²) < 4.78 is 0. The Balaban J connectivity index is 0. The molecule has 0 saturated heterocycles. The van der Waals surface area contributed by atoms with E-state index < -0.39 is 0 Å². The Labute approximate surface area is 56.5 Å². The van der Waals surface area contributed by atoms with Crippen molar-refractivity contribution in [3.8, 4) is 0 Å². The number of nitrogens with two attached hydrogens (primary N) is 1. The SMILES string of the molecule is C[C@H](O)C[C@@H](C)N.Cl. The summed E-state index contributed by atoms with van der Waals surface area (Å²) in [4.78, 5) is 0. The second-order valence-electron chi connectivity index (χ2n) is 2.06. The molecule has 0 bridgehead atoms. The van der Waals surface area contributed by atoms with Gasteiger partial charge in [-0.3, -0.25) is 0 Å². The van der Waals surface area contributed by atoms with Gasteiger partial charge in [0.05, 0.1) is 6.10 Å². The molecule has 0 spiro atoms. The highest BCUT2D eigenvalue weighted by atomic mass is 35.5. The Kier molecular flexibility index (Phi) is 7.40. The van der Waals surface area contributed by atoms with Crippen molar-refractivity contribution in [2.24, 2.45) is 5.73 Å². The van der Waals surface area contributed by atoms with Crippen LogP contribution in [0.1, 0.15) is 20.3 Å². The fraction of sp³-hybridized carbons (Fsp3) is 1.00. The van der Waals surface area contributed by atoms with E-state index in [4.69, 9.17) is 10.8 Å². The lowest BCUT2D eigenvalue weighted by molar-refractivity contribution is 0.177. The van der Waals surface area contributed by atoms with Crippen LogP contribution in [0.25, 0.3) is 0 Å². The fourth-order valence-electron chi connectivity index (χ4n) is 0.538. The molecule has 0 aromatic rings. The van der Waals surface area contributed by atoms with Crippen LogP contribution in [-0.4, -0.2) is 17.3 Å². The van der Waals surface area contributed by atoms with Crippen molar-refractivity contribution in [3.05, 3.63) is 0 Å². The summed E-state index contributed by atoms with van der Waals surface area (Å²) in [5.74, 6) is 0. The van der Waals surface area contributed by atoms with Gasteiger partial charge in [0.1, 0.15) is 0 Å². The van der Waals surface area contributed by atoms with Gasteiger partial charge in [-0.2, -0.15) is 0 Å².